The van der Waals surface area contributed by atoms with Crippen LogP contribution in [0.2, 0.25) is 0 Å². The second kappa shape index (κ2) is 3.58. The highest BCUT2D eigenvalue weighted by molar-refractivity contribution is 7.77. The summed E-state index contributed by atoms with van der Waals surface area (Å²) in [5.74, 6) is -0.772. The average Bonchev–Trinajstić information content (AvgIpc) is 1.63. The highest BCUT2D eigenvalue weighted by Gasteiger charge is 2.04. The molecule has 0 saturated carbocycles. The molecule has 0 aliphatic rings. The summed E-state index contributed by atoms with van der Waals surface area (Å²) in [6.07, 6.45) is 0. The van der Waals surface area contributed by atoms with Crippen molar-refractivity contribution in [1.82, 2.24) is 4.72 Å². The molecule has 0 fully saturated rings. The molecule has 0 aromatic rings. The molecule has 0 aliphatic carbocycles. The molecule has 1 amide bonds. The lowest BCUT2D eigenvalue weighted by Gasteiger charge is -2.08. The maximum atomic E-state index is 10.4. The predicted octanol–water partition coefficient (Wildman–Crippen LogP) is -0.447. The number of hydrogen-bond acceptors (Lipinski definition) is 3. The lowest BCUT2D eigenvalue weighted by molar-refractivity contribution is -0.122. The van der Waals surface area contributed by atoms with Crippen molar-refractivity contribution in [3.63, 3.8) is 0 Å². The molecule has 1 atom stereocenters. The maximum absolute atomic E-state index is 10.4. The fourth-order valence-electron chi connectivity index (χ4n) is 0.200. The van der Waals surface area contributed by atoms with Crippen LogP contribution in [-0.4, -0.2) is 14.7 Å². The number of carbonyl (C=O) groups is 1. The van der Waals surface area contributed by atoms with E-state index in [0.717, 1.165) is 0 Å². The Morgan fingerprint density at radius 3 is 2.22 bits per heavy atom. The van der Waals surface area contributed by atoms with Gasteiger partial charge in [-0.2, -0.15) is 0 Å². The Balaban J connectivity index is 3.64. The van der Waals surface area contributed by atoms with E-state index in [-0.39, 0.29) is 5.92 Å². The molecular formula is C4H8NO3S-. The molecule has 5 heteroatoms. The molecule has 54 valence electrons. The molecular weight excluding hydrogens is 142 g/mol. The van der Waals surface area contributed by atoms with Crippen LogP contribution in [0.1, 0.15) is 13.8 Å². The van der Waals surface area contributed by atoms with E-state index >= 15 is 0 Å². The summed E-state index contributed by atoms with van der Waals surface area (Å²) in [6, 6.07) is 0. The fraction of sp³-hybridized carbons (Fsp3) is 0.750. The van der Waals surface area contributed by atoms with E-state index in [1.165, 1.54) is 0 Å². The molecule has 0 rings (SSSR count). The SMILES string of the molecule is CC(C)C(=O)NS(=O)[O-]. The zero-order chi connectivity index (χ0) is 7.44. The van der Waals surface area contributed by atoms with E-state index in [9.17, 15) is 13.6 Å². The van der Waals surface area contributed by atoms with Crippen LogP contribution in [-0.2, 0) is 16.1 Å². The maximum Gasteiger partial charge on any atom is 0.233 e. The Bertz CT molecular complexity index is 134. The van der Waals surface area contributed by atoms with Gasteiger partial charge in [0.2, 0.25) is 5.91 Å². The quantitative estimate of drug-likeness (QED) is 0.542. The van der Waals surface area contributed by atoms with Gasteiger partial charge in [0.25, 0.3) is 0 Å². The fourth-order valence-corrected chi connectivity index (χ4v) is 0.600. The van der Waals surface area contributed by atoms with Gasteiger partial charge in [-0.25, -0.2) is 0 Å². The number of hydrogen-bond donors (Lipinski definition) is 1. The molecule has 0 aromatic heterocycles. The van der Waals surface area contributed by atoms with Gasteiger partial charge in [-0.3, -0.25) is 13.7 Å². The minimum atomic E-state index is -2.47. The van der Waals surface area contributed by atoms with Crippen molar-refractivity contribution in [2.24, 2.45) is 5.92 Å². The minimum absolute atomic E-state index is 0.289. The van der Waals surface area contributed by atoms with Crippen molar-refractivity contribution in [3.05, 3.63) is 0 Å². The average molecular weight is 150 g/mol. The zero-order valence-corrected chi connectivity index (χ0v) is 6.03. The van der Waals surface area contributed by atoms with Crippen LogP contribution < -0.4 is 4.72 Å². The second-order valence-corrected chi connectivity index (χ2v) is 2.53. The smallest absolute Gasteiger partial charge is 0.233 e. The third-order valence-corrected chi connectivity index (χ3v) is 1.08. The van der Waals surface area contributed by atoms with Crippen LogP contribution in [0.3, 0.4) is 0 Å². The first-order valence-electron chi connectivity index (χ1n) is 2.43. The standard InChI is InChI=1S/C4H9NO3S/c1-3(2)4(6)5-9(7)8/h3H,1-2H3,(H,5,6)(H,7,8)/p-1. The first-order valence-corrected chi connectivity index (χ1v) is 3.51. The molecule has 0 saturated heterocycles. The summed E-state index contributed by atoms with van der Waals surface area (Å²) in [6.45, 7) is 3.23. The second-order valence-electron chi connectivity index (χ2n) is 1.86. The zero-order valence-electron chi connectivity index (χ0n) is 5.21. The first kappa shape index (κ1) is 8.58. The van der Waals surface area contributed by atoms with Crippen molar-refractivity contribution in [1.29, 1.82) is 0 Å². The predicted molar refractivity (Wildman–Crippen MR) is 31.9 cm³/mol. The molecule has 1 N–H and O–H groups in total. The van der Waals surface area contributed by atoms with Crippen molar-refractivity contribution >= 4 is 17.2 Å². The van der Waals surface area contributed by atoms with Crippen molar-refractivity contribution < 1.29 is 13.6 Å². The molecule has 0 bridgehead atoms. The number of nitrogens with one attached hydrogen (secondary N) is 1. The summed E-state index contributed by atoms with van der Waals surface area (Å²) in [5, 5.41) is 0. The van der Waals surface area contributed by atoms with Gasteiger partial charge in [0.15, 0.2) is 0 Å². The van der Waals surface area contributed by atoms with Crippen LogP contribution in [0.15, 0.2) is 0 Å². The van der Waals surface area contributed by atoms with Crippen molar-refractivity contribution in [3.8, 4) is 0 Å². The topological polar surface area (TPSA) is 69.2 Å². The van der Waals surface area contributed by atoms with Gasteiger partial charge in [0, 0.05) is 17.2 Å². The molecule has 0 aromatic carbocycles. The lowest BCUT2D eigenvalue weighted by Crippen LogP contribution is -2.29. The first-order chi connectivity index (χ1) is 4.04. The minimum Gasteiger partial charge on any atom is -0.755 e. The Hall–Kier alpha value is -0.420. The van der Waals surface area contributed by atoms with Gasteiger partial charge in [0.1, 0.15) is 0 Å². The molecule has 0 spiro atoms. The van der Waals surface area contributed by atoms with Gasteiger partial charge in [0.05, 0.1) is 0 Å². The lowest BCUT2D eigenvalue weighted by atomic mass is 10.2. The summed E-state index contributed by atoms with van der Waals surface area (Å²) < 4.78 is 21.3. The highest BCUT2D eigenvalue weighted by atomic mass is 32.2. The van der Waals surface area contributed by atoms with E-state index in [1.54, 1.807) is 18.6 Å². The Kier molecular flexibility index (Phi) is 3.41. The van der Waals surface area contributed by atoms with E-state index in [2.05, 4.69) is 0 Å². The monoisotopic (exact) mass is 150 g/mol. The van der Waals surface area contributed by atoms with E-state index < -0.39 is 17.2 Å². The van der Waals surface area contributed by atoms with E-state index in [0.29, 0.717) is 0 Å². The third-order valence-electron chi connectivity index (χ3n) is 0.708. The van der Waals surface area contributed by atoms with Gasteiger partial charge < -0.3 is 4.55 Å². The van der Waals surface area contributed by atoms with Gasteiger partial charge in [-0.1, -0.05) is 13.8 Å². The number of rotatable bonds is 2. The van der Waals surface area contributed by atoms with Crippen LogP contribution in [0, 0.1) is 5.92 Å². The molecule has 0 radical (unpaired) electrons. The number of amides is 1. The van der Waals surface area contributed by atoms with E-state index in [1.807, 2.05) is 0 Å². The van der Waals surface area contributed by atoms with Crippen molar-refractivity contribution in [2.45, 2.75) is 13.8 Å². The van der Waals surface area contributed by atoms with Gasteiger partial charge in [-0.05, 0) is 0 Å². The normalized spacial score (nSPS) is 13.3. The Morgan fingerprint density at radius 2 is 2.11 bits per heavy atom. The summed E-state index contributed by atoms with van der Waals surface area (Å²) in [4.78, 5) is 10.4. The summed E-state index contributed by atoms with van der Waals surface area (Å²) in [5.41, 5.74) is 0. The third kappa shape index (κ3) is 4.11. The largest absolute Gasteiger partial charge is 0.755 e. The number of carbonyl (C=O) groups excluding carboxylic acids is 1. The van der Waals surface area contributed by atoms with Crippen LogP contribution in [0.4, 0.5) is 0 Å². The Morgan fingerprint density at radius 1 is 1.67 bits per heavy atom. The Labute approximate surface area is 56.1 Å². The summed E-state index contributed by atoms with van der Waals surface area (Å²) >= 11 is -2.47. The molecule has 1 unspecified atom stereocenters. The molecule has 0 aliphatic heterocycles. The van der Waals surface area contributed by atoms with E-state index in [4.69, 9.17) is 0 Å². The van der Waals surface area contributed by atoms with Crippen molar-refractivity contribution in [2.75, 3.05) is 0 Å². The van der Waals surface area contributed by atoms with Crippen LogP contribution >= 0.6 is 0 Å². The van der Waals surface area contributed by atoms with Gasteiger partial charge >= 0.3 is 0 Å². The van der Waals surface area contributed by atoms with Crippen LogP contribution in [0.25, 0.3) is 0 Å². The summed E-state index contributed by atoms with van der Waals surface area (Å²) in [7, 11) is 0. The molecule has 0 heterocycles. The molecule has 9 heavy (non-hydrogen) atoms. The highest BCUT2D eigenvalue weighted by Crippen LogP contribution is 1.89. The van der Waals surface area contributed by atoms with Crippen LogP contribution in [0.5, 0.6) is 0 Å². The van der Waals surface area contributed by atoms with Gasteiger partial charge in [-0.15, -0.1) is 0 Å². The molecule has 4 nitrogen and oxygen atoms in total.